The van der Waals surface area contributed by atoms with Crippen LogP contribution in [0.15, 0.2) is 231 Å². The molecule has 11 aromatic rings. The van der Waals surface area contributed by atoms with E-state index in [9.17, 15) is 0 Å². The first-order chi connectivity index (χ1) is 36.0. The van der Waals surface area contributed by atoms with Gasteiger partial charge in [0.25, 0.3) is 0 Å². The molecule has 2 aromatic heterocycles. The van der Waals surface area contributed by atoms with Crippen molar-refractivity contribution >= 4 is 44.6 Å². The molecule has 0 fully saturated rings. The zero-order valence-corrected chi connectivity index (χ0v) is 42.8. The Morgan fingerprint density at radius 3 is 1.59 bits per heavy atom. The van der Waals surface area contributed by atoms with Crippen molar-refractivity contribution in [1.29, 1.82) is 0 Å². The molecule has 0 saturated carbocycles. The molecule has 1 aliphatic heterocycles. The molecular formula is C69H58N4O. The van der Waals surface area contributed by atoms with Gasteiger partial charge in [-0.3, -0.25) is 4.57 Å². The number of nitrogens with zero attached hydrogens (tertiary/aromatic N) is 4. The Labute approximate surface area is 434 Å². The topological polar surface area (TPSA) is 33.5 Å². The Morgan fingerprint density at radius 2 is 0.986 bits per heavy atom. The van der Waals surface area contributed by atoms with E-state index < -0.39 is 5.41 Å². The molecule has 0 bridgehead atoms. The second kappa shape index (κ2) is 17.2. The summed E-state index contributed by atoms with van der Waals surface area (Å²) < 4.78 is 9.82. The molecular weight excluding hydrogens is 901 g/mol. The van der Waals surface area contributed by atoms with Gasteiger partial charge in [-0.15, -0.1) is 0 Å². The van der Waals surface area contributed by atoms with Crippen LogP contribution in [0.4, 0.5) is 22.7 Å². The summed E-state index contributed by atoms with van der Waals surface area (Å²) >= 11 is 0. The number of aromatic nitrogens is 2. The third kappa shape index (κ3) is 7.24. The summed E-state index contributed by atoms with van der Waals surface area (Å²) in [6.45, 7) is 14.3. The molecule has 0 amide bonds. The van der Waals surface area contributed by atoms with Crippen LogP contribution in [0.25, 0.3) is 49.9 Å². The van der Waals surface area contributed by atoms with E-state index >= 15 is 0 Å². The Bertz CT molecular complexity index is 3830. The van der Waals surface area contributed by atoms with Gasteiger partial charge in [0.15, 0.2) is 0 Å². The second-order valence-electron chi connectivity index (χ2n) is 22.0. The van der Waals surface area contributed by atoms with E-state index in [4.69, 9.17) is 9.72 Å². The molecule has 0 atom stereocenters. The van der Waals surface area contributed by atoms with Gasteiger partial charge in [0, 0.05) is 45.9 Å². The summed E-state index contributed by atoms with van der Waals surface area (Å²) in [6, 6.07) is 81.8. The van der Waals surface area contributed by atoms with E-state index in [1.54, 1.807) is 0 Å². The van der Waals surface area contributed by atoms with Gasteiger partial charge in [-0.2, -0.15) is 0 Å². The molecule has 1 aliphatic carbocycles. The van der Waals surface area contributed by atoms with E-state index in [-0.39, 0.29) is 10.8 Å². The molecule has 13 rings (SSSR count). The number of anilines is 4. The summed E-state index contributed by atoms with van der Waals surface area (Å²) in [6.07, 6.45) is 1.96. The van der Waals surface area contributed by atoms with Crippen LogP contribution >= 0.6 is 0 Å². The number of ether oxygens (including phenoxy) is 1. The summed E-state index contributed by atoms with van der Waals surface area (Å²) in [5, 5.41) is 2.47. The lowest BCUT2D eigenvalue weighted by atomic mass is 9.67. The molecule has 0 saturated heterocycles. The molecule has 0 unspecified atom stereocenters. The normalized spacial score (nSPS) is 13.8. The molecule has 0 N–H and O–H groups in total. The minimum atomic E-state index is -0.611. The second-order valence-corrected chi connectivity index (χ2v) is 22.0. The van der Waals surface area contributed by atoms with Gasteiger partial charge in [0.2, 0.25) is 0 Å². The van der Waals surface area contributed by atoms with Gasteiger partial charge < -0.3 is 14.5 Å². The fourth-order valence-electron chi connectivity index (χ4n) is 11.9. The minimum Gasteiger partial charge on any atom is -0.457 e. The number of fused-ring (bicyclic) bond motifs is 1. The van der Waals surface area contributed by atoms with Crippen molar-refractivity contribution in [3.63, 3.8) is 0 Å². The van der Waals surface area contributed by atoms with Gasteiger partial charge in [0.05, 0.1) is 33.5 Å². The van der Waals surface area contributed by atoms with Crippen LogP contribution in [0.5, 0.6) is 11.5 Å². The van der Waals surface area contributed by atoms with Gasteiger partial charge in [0.1, 0.15) is 24.0 Å². The number of pyridine rings is 1. The lowest BCUT2D eigenvalue weighted by Crippen LogP contribution is -2.29. The molecule has 0 radical (unpaired) electrons. The summed E-state index contributed by atoms with van der Waals surface area (Å²) in [5.41, 5.74) is 17.9. The monoisotopic (exact) mass is 958 g/mol. The highest BCUT2D eigenvalue weighted by Crippen LogP contribution is 2.58. The lowest BCUT2D eigenvalue weighted by molar-refractivity contribution is 0.478. The van der Waals surface area contributed by atoms with Crippen LogP contribution in [-0.4, -0.2) is 16.2 Å². The average molecular weight is 959 g/mol. The van der Waals surface area contributed by atoms with Crippen molar-refractivity contribution in [2.45, 2.75) is 57.8 Å². The number of para-hydroxylation sites is 3. The Kier molecular flexibility index (Phi) is 10.5. The Balaban J connectivity index is 1.00. The molecule has 0 spiro atoms. The minimum absolute atomic E-state index is 0.0635. The first-order valence-corrected chi connectivity index (χ1v) is 25.9. The van der Waals surface area contributed by atoms with Crippen molar-refractivity contribution < 1.29 is 4.74 Å². The van der Waals surface area contributed by atoms with E-state index in [1.807, 2.05) is 6.20 Å². The first-order valence-electron chi connectivity index (χ1n) is 25.9. The van der Waals surface area contributed by atoms with Crippen LogP contribution < -0.4 is 14.5 Å². The maximum absolute atomic E-state index is 7.46. The highest BCUT2D eigenvalue weighted by atomic mass is 16.5. The first kappa shape index (κ1) is 45.2. The highest BCUT2D eigenvalue weighted by molar-refractivity contribution is 6.18. The van der Waals surface area contributed by atoms with E-state index in [0.29, 0.717) is 6.67 Å². The molecule has 2 aliphatic rings. The predicted molar refractivity (Wildman–Crippen MR) is 307 cm³/mol. The third-order valence-corrected chi connectivity index (χ3v) is 15.5. The molecule has 74 heavy (non-hydrogen) atoms. The molecule has 360 valence electrons. The van der Waals surface area contributed by atoms with E-state index in [1.165, 1.54) is 72.1 Å². The van der Waals surface area contributed by atoms with Crippen molar-refractivity contribution in [3.05, 3.63) is 264 Å². The van der Waals surface area contributed by atoms with Crippen LogP contribution in [0.3, 0.4) is 0 Å². The van der Waals surface area contributed by atoms with Crippen molar-refractivity contribution in [2.24, 2.45) is 0 Å². The van der Waals surface area contributed by atoms with Crippen molar-refractivity contribution in [2.75, 3.05) is 16.5 Å². The summed E-state index contributed by atoms with van der Waals surface area (Å²) in [7, 11) is 0. The quantitative estimate of drug-likeness (QED) is 0.144. The standard InChI is InChI=1S/C69H58N4O/c1-67(2,3)50-37-38-70-63(41-50)73-61-36-22-33-57-64(61)65-58(69(57,48-27-15-9-16-28-48)49-29-17-10-18-30-49)43-54(44-62(65)73)74-53-40-51(68(4,5)6)39-52(42-53)71-45-72(60-35-20-19-34-59(60)71)66-55(46-23-11-7-12-24-46)31-21-32-56(66)47-25-13-8-14-26-47/h7-44H,45H2,1-6H3. The SMILES string of the molecule is CC(C)(C)c1cc(Oc2cc3c4c5c(cccc5n(-c5cc(C(C)(C)C)ccn5)c4c2)C3(c2ccccc2)c2ccccc2)cc(N2CN(c3c(-c4ccccc4)cccc3-c3ccccc3)c3ccccc32)c1. The van der Waals surface area contributed by atoms with Crippen LogP contribution in [0.2, 0.25) is 0 Å². The molecule has 5 nitrogen and oxygen atoms in total. The molecule has 3 heterocycles. The Morgan fingerprint density at radius 1 is 0.446 bits per heavy atom. The fourth-order valence-corrected chi connectivity index (χ4v) is 11.9. The van der Waals surface area contributed by atoms with Crippen LogP contribution in [-0.2, 0) is 16.2 Å². The zero-order chi connectivity index (χ0) is 50.3. The maximum Gasteiger partial charge on any atom is 0.137 e. The largest absolute Gasteiger partial charge is 0.457 e. The van der Waals surface area contributed by atoms with Crippen LogP contribution in [0.1, 0.15) is 74.9 Å². The summed E-state index contributed by atoms with van der Waals surface area (Å²) in [4.78, 5) is 10.1. The number of hydrogen-bond donors (Lipinski definition) is 0. The van der Waals surface area contributed by atoms with Gasteiger partial charge in [-0.1, -0.05) is 205 Å². The summed E-state index contributed by atoms with van der Waals surface area (Å²) in [5.74, 6) is 2.44. The van der Waals surface area contributed by atoms with E-state index in [2.05, 4.69) is 280 Å². The smallest absolute Gasteiger partial charge is 0.137 e. The number of hydrogen-bond acceptors (Lipinski definition) is 4. The van der Waals surface area contributed by atoms with E-state index in [0.717, 1.165) is 45.4 Å². The van der Waals surface area contributed by atoms with Gasteiger partial charge in [-0.25, -0.2) is 4.98 Å². The van der Waals surface area contributed by atoms with Crippen molar-refractivity contribution in [3.8, 4) is 39.6 Å². The third-order valence-electron chi connectivity index (χ3n) is 15.5. The lowest BCUT2D eigenvalue weighted by Gasteiger charge is -2.35. The molecule has 9 aromatic carbocycles. The van der Waals surface area contributed by atoms with Crippen molar-refractivity contribution in [1.82, 2.24) is 9.55 Å². The van der Waals surface area contributed by atoms with Crippen LogP contribution in [0, 0.1) is 0 Å². The Hall–Kier alpha value is -8.67. The zero-order valence-electron chi connectivity index (χ0n) is 42.8. The maximum atomic E-state index is 7.46. The average Bonchev–Trinajstić information content (AvgIpc) is 4.12. The number of rotatable bonds is 9. The molecule has 5 heteroatoms. The number of benzene rings is 9. The van der Waals surface area contributed by atoms with Gasteiger partial charge in [-0.05, 0) is 104 Å². The predicted octanol–water partition coefficient (Wildman–Crippen LogP) is 17.8. The fraction of sp³-hybridized carbons (Fsp3) is 0.145. The van der Waals surface area contributed by atoms with Gasteiger partial charge >= 0.3 is 0 Å². The highest BCUT2D eigenvalue weighted by Gasteiger charge is 2.47.